The molecule has 4 aromatic rings. The Balaban J connectivity index is 1.38. The number of rotatable bonds is 5. The third kappa shape index (κ3) is 3.77. The average Bonchev–Trinajstić information content (AvgIpc) is 3.44. The fourth-order valence-corrected chi connectivity index (χ4v) is 3.00. The van der Waals surface area contributed by atoms with Gasteiger partial charge in [0, 0.05) is 18.3 Å². The van der Waals surface area contributed by atoms with Crippen molar-refractivity contribution in [1.82, 2.24) is 25.3 Å². The lowest BCUT2D eigenvalue weighted by molar-refractivity contribution is 0.251. The van der Waals surface area contributed by atoms with Gasteiger partial charge in [0.1, 0.15) is 23.5 Å². The molecule has 3 heterocycles. The van der Waals surface area contributed by atoms with Gasteiger partial charge < -0.3 is 20.4 Å². The number of halogens is 1. The minimum absolute atomic E-state index is 0.0763. The van der Waals surface area contributed by atoms with Crippen molar-refractivity contribution in [2.45, 2.75) is 18.9 Å². The van der Waals surface area contributed by atoms with Crippen LogP contribution in [-0.2, 0) is 0 Å². The predicted molar refractivity (Wildman–Crippen MR) is 109 cm³/mol. The molecule has 0 unspecified atom stereocenters. The summed E-state index contributed by atoms with van der Waals surface area (Å²) in [6, 6.07) is 11.4. The van der Waals surface area contributed by atoms with Crippen LogP contribution in [0.5, 0.6) is 11.6 Å². The minimum atomic E-state index is -0.605. The highest BCUT2D eigenvalue weighted by atomic mass is 19.1. The lowest BCUT2D eigenvalue weighted by Crippen LogP contribution is -2.30. The van der Waals surface area contributed by atoms with Crippen LogP contribution < -0.4 is 15.4 Å². The number of hydrogen-bond acceptors (Lipinski definition) is 5. The van der Waals surface area contributed by atoms with Crippen molar-refractivity contribution in [3.63, 3.8) is 0 Å². The number of aromatic amines is 1. The summed E-state index contributed by atoms with van der Waals surface area (Å²) in [7, 11) is 0. The lowest BCUT2D eigenvalue weighted by atomic mass is 10.2. The third-order valence-electron chi connectivity index (χ3n) is 4.65. The molecule has 1 fully saturated rings. The van der Waals surface area contributed by atoms with E-state index in [9.17, 15) is 9.18 Å². The molecule has 1 aliphatic rings. The molecule has 1 saturated carbocycles. The summed E-state index contributed by atoms with van der Waals surface area (Å²) in [6.07, 6.45) is 4.98. The fourth-order valence-electron chi connectivity index (χ4n) is 3.00. The predicted octanol–water partition coefficient (Wildman–Crippen LogP) is 4.24. The van der Waals surface area contributed by atoms with E-state index in [0.717, 1.165) is 24.2 Å². The maximum absolute atomic E-state index is 14.4. The van der Waals surface area contributed by atoms with Gasteiger partial charge in [-0.2, -0.15) is 0 Å². The van der Waals surface area contributed by atoms with Crippen LogP contribution in [0.4, 0.5) is 14.9 Å². The number of carbonyl (C=O) groups is 1. The number of nitrogens with zero attached hydrogens (tertiary/aromatic N) is 3. The van der Waals surface area contributed by atoms with Gasteiger partial charge in [-0.15, -0.1) is 0 Å². The molecular weight excluding hydrogens is 387 g/mol. The molecule has 30 heavy (non-hydrogen) atoms. The van der Waals surface area contributed by atoms with Crippen LogP contribution >= 0.6 is 0 Å². The molecule has 5 rings (SSSR count). The van der Waals surface area contributed by atoms with Gasteiger partial charge in [0.25, 0.3) is 0 Å². The second-order valence-corrected chi connectivity index (χ2v) is 6.96. The van der Waals surface area contributed by atoms with Crippen molar-refractivity contribution in [3.05, 3.63) is 60.8 Å². The summed E-state index contributed by atoms with van der Waals surface area (Å²) in [5.41, 5.74) is 2.18. The molecule has 0 atom stereocenters. The van der Waals surface area contributed by atoms with Gasteiger partial charge in [-0.05, 0) is 43.2 Å². The first-order valence-electron chi connectivity index (χ1n) is 9.46. The van der Waals surface area contributed by atoms with E-state index in [1.807, 2.05) is 24.3 Å². The molecular formula is C21H17FN6O2. The van der Waals surface area contributed by atoms with E-state index in [4.69, 9.17) is 4.74 Å². The first-order valence-corrected chi connectivity index (χ1v) is 9.46. The SMILES string of the molecule is O=C(Nc1ccc(Oc2ncnc3[nH]c(-c4ccccn4)cc23)cc1F)NC1CC1. The summed E-state index contributed by atoms with van der Waals surface area (Å²) in [6.45, 7) is 0. The number of amides is 2. The molecule has 0 spiro atoms. The number of nitrogens with one attached hydrogen (secondary N) is 3. The van der Waals surface area contributed by atoms with Crippen LogP contribution in [0.1, 0.15) is 12.8 Å². The van der Waals surface area contributed by atoms with Crippen LogP contribution in [0.2, 0.25) is 0 Å². The van der Waals surface area contributed by atoms with Gasteiger partial charge in [0.05, 0.1) is 22.5 Å². The van der Waals surface area contributed by atoms with Crippen LogP contribution in [-0.4, -0.2) is 32.0 Å². The Hall–Kier alpha value is -4.01. The number of benzene rings is 1. The molecule has 9 heteroatoms. The molecule has 0 saturated heterocycles. The average molecular weight is 404 g/mol. The van der Waals surface area contributed by atoms with Gasteiger partial charge in [-0.1, -0.05) is 6.07 Å². The van der Waals surface area contributed by atoms with Crippen molar-refractivity contribution in [2.24, 2.45) is 0 Å². The Labute approximate surface area is 170 Å². The largest absolute Gasteiger partial charge is 0.438 e. The van der Waals surface area contributed by atoms with Crippen molar-refractivity contribution < 1.29 is 13.9 Å². The molecule has 8 nitrogen and oxygen atoms in total. The minimum Gasteiger partial charge on any atom is -0.438 e. The van der Waals surface area contributed by atoms with Gasteiger partial charge in [0.15, 0.2) is 0 Å². The highest BCUT2D eigenvalue weighted by Crippen LogP contribution is 2.31. The molecule has 150 valence electrons. The van der Waals surface area contributed by atoms with Crippen molar-refractivity contribution in [3.8, 4) is 23.0 Å². The molecule has 0 aliphatic heterocycles. The highest BCUT2D eigenvalue weighted by Gasteiger charge is 2.23. The normalized spacial score (nSPS) is 13.2. The first-order chi connectivity index (χ1) is 14.7. The Kier molecular flexibility index (Phi) is 4.47. The fraction of sp³-hybridized carbons (Fsp3) is 0.143. The van der Waals surface area contributed by atoms with Crippen LogP contribution in [0, 0.1) is 5.82 Å². The molecule has 0 bridgehead atoms. The maximum Gasteiger partial charge on any atom is 0.319 e. The van der Waals surface area contributed by atoms with Gasteiger partial charge >= 0.3 is 6.03 Å². The second-order valence-electron chi connectivity index (χ2n) is 6.96. The monoisotopic (exact) mass is 404 g/mol. The zero-order valence-corrected chi connectivity index (χ0v) is 15.7. The molecule has 1 aromatic carbocycles. The molecule has 0 radical (unpaired) electrons. The molecule has 2 amide bonds. The smallest absolute Gasteiger partial charge is 0.319 e. The van der Waals surface area contributed by atoms with Gasteiger partial charge in [-0.25, -0.2) is 19.2 Å². The Bertz CT molecular complexity index is 1220. The summed E-state index contributed by atoms with van der Waals surface area (Å²) in [5.74, 6) is -0.0711. The van der Waals surface area contributed by atoms with E-state index in [1.165, 1.54) is 18.5 Å². The Morgan fingerprint density at radius 1 is 1.13 bits per heavy atom. The van der Waals surface area contributed by atoms with Crippen LogP contribution in [0.25, 0.3) is 22.4 Å². The molecule has 3 N–H and O–H groups in total. The maximum atomic E-state index is 14.4. The van der Waals surface area contributed by atoms with E-state index in [1.54, 1.807) is 12.3 Å². The van der Waals surface area contributed by atoms with E-state index in [-0.39, 0.29) is 23.4 Å². The number of urea groups is 1. The van der Waals surface area contributed by atoms with Crippen molar-refractivity contribution in [2.75, 3.05) is 5.32 Å². The van der Waals surface area contributed by atoms with Gasteiger partial charge in [0.2, 0.25) is 5.88 Å². The van der Waals surface area contributed by atoms with Crippen molar-refractivity contribution in [1.29, 1.82) is 0 Å². The Morgan fingerprint density at radius 2 is 2.03 bits per heavy atom. The zero-order valence-electron chi connectivity index (χ0n) is 15.7. The standard InChI is InChI=1S/C21H17FN6O2/c22-15-9-13(6-7-16(15)28-21(29)26-12-4-5-12)30-20-14-10-18(17-3-1-2-8-23-17)27-19(14)24-11-25-20/h1-3,6-12H,4-5H2,(H,24,25,27)(H2,26,28,29). The Morgan fingerprint density at radius 3 is 2.80 bits per heavy atom. The van der Waals surface area contributed by atoms with E-state index in [2.05, 4.69) is 30.6 Å². The number of fused-ring (bicyclic) bond motifs is 1. The number of hydrogen-bond donors (Lipinski definition) is 3. The van der Waals surface area contributed by atoms with E-state index in [0.29, 0.717) is 11.0 Å². The number of pyridine rings is 1. The number of H-pyrrole nitrogens is 1. The number of carbonyl (C=O) groups excluding carboxylic acids is 1. The highest BCUT2D eigenvalue weighted by molar-refractivity contribution is 5.90. The number of ether oxygens (including phenoxy) is 1. The van der Waals surface area contributed by atoms with Crippen LogP contribution in [0.3, 0.4) is 0 Å². The zero-order chi connectivity index (χ0) is 20.5. The topological polar surface area (TPSA) is 105 Å². The number of anilines is 1. The van der Waals surface area contributed by atoms with Crippen molar-refractivity contribution >= 4 is 22.8 Å². The van der Waals surface area contributed by atoms with E-state index < -0.39 is 11.8 Å². The quantitative estimate of drug-likeness (QED) is 0.462. The first kappa shape index (κ1) is 18.0. The summed E-state index contributed by atoms with van der Waals surface area (Å²) in [5, 5.41) is 5.90. The summed E-state index contributed by atoms with van der Waals surface area (Å²) >= 11 is 0. The molecule has 1 aliphatic carbocycles. The summed E-state index contributed by atoms with van der Waals surface area (Å²) < 4.78 is 20.2. The second kappa shape index (κ2) is 7.43. The van der Waals surface area contributed by atoms with E-state index >= 15 is 0 Å². The van der Waals surface area contributed by atoms with Gasteiger partial charge in [-0.3, -0.25) is 4.98 Å². The summed E-state index contributed by atoms with van der Waals surface area (Å²) in [4.78, 5) is 27.7. The van der Waals surface area contributed by atoms with Crippen LogP contribution in [0.15, 0.2) is 55.0 Å². The lowest BCUT2D eigenvalue weighted by Gasteiger charge is -2.10. The molecule has 3 aromatic heterocycles. The number of aromatic nitrogens is 4. The third-order valence-corrected chi connectivity index (χ3v) is 4.65.